The Morgan fingerprint density at radius 2 is 1.61 bits per heavy atom. The fourth-order valence-corrected chi connectivity index (χ4v) is 5.06. The highest BCUT2D eigenvalue weighted by Gasteiger charge is 2.51. The van der Waals surface area contributed by atoms with Gasteiger partial charge in [0.1, 0.15) is 5.54 Å². The topological polar surface area (TPSA) is 101 Å². The van der Waals surface area contributed by atoms with Crippen molar-refractivity contribution in [1.82, 2.24) is 18.4 Å². The molecular weight excluding hydrogens is 465 g/mol. The number of carboxylic acid groups (broad SMARTS) is 1. The van der Waals surface area contributed by atoms with Crippen molar-refractivity contribution in [2.24, 2.45) is 0 Å². The highest BCUT2D eigenvalue weighted by atomic mass is 32.2. The molecular formula is C20H29F3N4O5S. The van der Waals surface area contributed by atoms with Gasteiger partial charge in [0.25, 0.3) is 10.2 Å². The maximum Gasteiger partial charge on any atom is 0.490 e. The lowest BCUT2D eigenvalue weighted by molar-refractivity contribution is -0.192. The molecule has 0 aliphatic carbocycles. The number of rotatable bonds is 4. The van der Waals surface area contributed by atoms with Crippen LogP contribution in [0.4, 0.5) is 13.2 Å². The molecule has 0 atom stereocenters. The van der Waals surface area contributed by atoms with Crippen LogP contribution in [0, 0.1) is 0 Å². The first-order valence-electron chi connectivity index (χ1n) is 10.2. The number of carboxylic acids is 1. The summed E-state index contributed by atoms with van der Waals surface area (Å²) in [7, 11) is 1.49. The first kappa shape index (κ1) is 27.0. The Kier molecular flexibility index (Phi) is 8.49. The van der Waals surface area contributed by atoms with E-state index in [2.05, 4.69) is 17.0 Å². The van der Waals surface area contributed by atoms with Crippen LogP contribution in [-0.2, 0) is 26.3 Å². The van der Waals surface area contributed by atoms with E-state index in [-0.39, 0.29) is 5.91 Å². The molecule has 13 heteroatoms. The van der Waals surface area contributed by atoms with E-state index >= 15 is 0 Å². The molecule has 2 aliphatic heterocycles. The lowest BCUT2D eigenvalue weighted by atomic mass is 9.83. The van der Waals surface area contributed by atoms with Crippen LogP contribution in [-0.4, -0.2) is 103 Å². The van der Waals surface area contributed by atoms with Crippen molar-refractivity contribution in [2.45, 2.75) is 31.1 Å². The summed E-state index contributed by atoms with van der Waals surface area (Å²) >= 11 is 0. The van der Waals surface area contributed by atoms with Crippen molar-refractivity contribution >= 4 is 22.1 Å². The summed E-state index contributed by atoms with van der Waals surface area (Å²) < 4.78 is 59.3. The van der Waals surface area contributed by atoms with Crippen LogP contribution in [0.2, 0.25) is 0 Å². The summed E-state index contributed by atoms with van der Waals surface area (Å²) in [5.41, 5.74) is 0.564. The summed E-state index contributed by atoms with van der Waals surface area (Å²) in [5.74, 6) is -2.64. The molecule has 0 bridgehead atoms. The van der Waals surface area contributed by atoms with Crippen molar-refractivity contribution in [3.63, 3.8) is 0 Å². The molecule has 0 saturated carbocycles. The van der Waals surface area contributed by atoms with Crippen molar-refractivity contribution in [3.8, 4) is 0 Å². The van der Waals surface area contributed by atoms with E-state index in [1.165, 1.54) is 14.2 Å². The number of likely N-dealkylation sites (N-methyl/N-ethyl adjacent to an activating group) is 1. The van der Waals surface area contributed by atoms with Gasteiger partial charge in [0, 0.05) is 53.9 Å². The van der Waals surface area contributed by atoms with Gasteiger partial charge in [-0.15, -0.1) is 0 Å². The smallest absolute Gasteiger partial charge is 0.475 e. The molecule has 1 amide bonds. The van der Waals surface area contributed by atoms with Crippen molar-refractivity contribution in [1.29, 1.82) is 0 Å². The van der Waals surface area contributed by atoms with Gasteiger partial charge in [-0.25, -0.2) is 4.79 Å². The number of amides is 1. The molecule has 186 valence electrons. The second-order valence-electron chi connectivity index (χ2n) is 8.16. The van der Waals surface area contributed by atoms with Gasteiger partial charge in [0.15, 0.2) is 0 Å². The average molecular weight is 495 g/mol. The van der Waals surface area contributed by atoms with E-state index in [1.54, 1.807) is 19.0 Å². The number of halogens is 3. The second kappa shape index (κ2) is 10.4. The molecule has 2 saturated heterocycles. The number of benzene rings is 1. The minimum Gasteiger partial charge on any atom is -0.475 e. The third-order valence-corrected chi connectivity index (χ3v) is 7.79. The fourth-order valence-electron chi connectivity index (χ4n) is 3.96. The number of piperazine rings is 1. The Balaban J connectivity index is 0.000000479. The summed E-state index contributed by atoms with van der Waals surface area (Å²) in [6.45, 7) is 2.95. The van der Waals surface area contributed by atoms with Crippen molar-refractivity contribution in [3.05, 3.63) is 35.9 Å². The lowest BCUT2D eigenvalue weighted by Gasteiger charge is -2.52. The Morgan fingerprint density at radius 1 is 1.09 bits per heavy atom. The van der Waals surface area contributed by atoms with Crippen molar-refractivity contribution in [2.75, 3.05) is 47.3 Å². The standard InChI is InChI=1S/C18H28N4O3S.C2HF3O2/c1-19(2)26(24,25)22-11-9-18(10-12-22)17(23)20(3)13-14-21(18)15-16-7-5-4-6-8-16;3-2(4,5)1(6)7/h4-8H,9-15H2,1-3H3;(H,6,7). The van der Waals surface area contributed by atoms with Crippen LogP contribution in [0.1, 0.15) is 18.4 Å². The molecule has 0 radical (unpaired) electrons. The molecule has 0 unspecified atom stereocenters. The predicted molar refractivity (Wildman–Crippen MR) is 114 cm³/mol. The van der Waals surface area contributed by atoms with Crippen LogP contribution in [0.25, 0.3) is 0 Å². The van der Waals surface area contributed by atoms with Gasteiger partial charge in [0.2, 0.25) is 5.91 Å². The number of carbonyl (C=O) groups excluding carboxylic acids is 1. The van der Waals surface area contributed by atoms with Crippen LogP contribution in [0.15, 0.2) is 30.3 Å². The van der Waals surface area contributed by atoms with Crippen molar-refractivity contribution < 1.29 is 36.3 Å². The number of nitrogens with zero attached hydrogens (tertiary/aromatic N) is 4. The van der Waals surface area contributed by atoms with Gasteiger partial charge in [-0.2, -0.15) is 30.2 Å². The average Bonchev–Trinajstić information content (AvgIpc) is 2.75. The van der Waals surface area contributed by atoms with E-state index in [0.717, 1.165) is 6.54 Å². The minimum absolute atomic E-state index is 0.113. The predicted octanol–water partition coefficient (Wildman–Crippen LogP) is 1.23. The number of alkyl halides is 3. The van der Waals surface area contributed by atoms with Crippen LogP contribution >= 0.6 is 0 Å². The number of hydrogen-bond donors (Lipinski definition) is 1. The summed E-state index contributed by atoms with van der Waals surface area (Å²) in [6.07, 6.45) is -4.04. The maximum atomic E-state index is 13.1. The van der Waals surface area contributed by atoms with Gasteiger partial charge in [-0.05, 0) is 18.4 Å². The molecule has 2 aliphatic rings. The molecule has 33 heavy (non-hydrogen) atoms. The first-order chi connectivity index (χ1) is 15.2. The number of carbonyl (C=O) groups is 2. The summed E-state index contributed by atoms with van der Waals surface area (Å²) in [6, 6.07) is 10.1. The SMILES string of the molecule is CN1CCN(Cc2ccccc2)C2(CCN(S(=O)(=O)N(C)C)CC2)C1=O.O=C(O)C(F)(F)F. The maximum absolute atomic E-state index is 13.1. The number of hydrogen-bond acceptors (Lipinski definition) is 5. The van der Waals surface area contributed by atoms with Gasteiger partial charge in [-0.3, -0.25) is 9.69 Å². The Labute approximate surface area is 191 Å². The van der Waals surface area contributed by atoms with E-state index in [9.17, 15) is 26.4 Å². The summed E-state index contributed by atoms with van der Waals surface area (Å²) in [4.78, 5) is 26.0. The van der Waals surface area contributed by atoms with Gasteiger partial charge < -0.3 is 10.0 Å². The first-order valence-corrected chi connectivity index (χ1v) is 11.6. The highest BCUT2D eigenvalue weighted by Crippen LogP contribution is 2.35. The van der Waals surface area contributed by atoms with Crippen LogP contribution < -0.4 is 0 Å². The fraction of sp³-hybridized carbons (Fsp3) is 0.600. The van der Waals surface area contributed by atoms with Crippen LogP contribution in [0.3, 0.4) is 0 Å². The number of piperidine rings is 1. The summed E-state index contributed by atoms with van der Waals surface area (Å²) in [5, 5.41) is 7.12. The molecule has 1 aromatic carbocycles. The molecule has 1 N–H and O–H groups in total. The Bertz CT molecular complexity index is 933. The molecule has 3 rings (SSSR count). The zero-order valence-electron chi connectivity index (χ0n) is 18.7. The van der Waals surface area contributed by atoms with Gasteiger partial charge in [-0.1, -0.05) is 30.3 Å². The van der Waals surface area contributed by atoms with E-state index in [4.69, 9.17) is 9.90 Å². The molecule has 2 fully saturated rings. The largest absolute Gasteiger partial charge is 0.490 e. The van der Waals surface area contributed by atoms with Gasteiger partial charge in [0.05, 0.1) is 0 Å². The zero-order chi connectivity index (χ0) is 25.0. The molecule has 1 aromatic rings. The van der Waals surface area contributed by atoms with E-state index < -0.39 is 27.9 Å². The molecule has 1 spiro atoms. The Hall–Kier alpha value is -2.22. The second-order valence-corrected chi connectivity index (χ2v) is 10.3. The minimum atomic E-state index is -5.08. The Morgan fingerprint density at radius 3 is 2.06 bits per heavy atom. The normalized spacial score (nSPS) is 20.0. The number of aliphatic carboxylic acids is 1. The third kappa shape index (κ3) is 6.22. The zero-order valence-corrected chi connectivity index (χ0v) is 19.6. The molecule has 0 aromatic heterocycles. The van der Waals surface area contributed by atoms with E-state index in [0.29, 0.717) is 39.0 Å². The quantitative estimate of drug-likeness (QED) is 0.676. The van der Waals surface area contributed by atoms with Gasteiger partial charge >= 0.3 is 12.1 Å². The monoisotopic (exact) mass is 494 g/mol. The highest BCUT2D eigenvalue weighted by molar-refractivity contribution is 7.86. The molecule has 2 heterocycles. The van der Waals surface area contributed by atoms with Crippen LogP contribution in [0.5, 0.6) is 0 Å². The molecule has 9 nitrogen and oxygen atoms in total. The lowest BCUT2D eigenvalue weighted by Crippen LogP contribution is -2.68. The third-order valence-electron chi connectivity index (χ3n) is 5.85. The van der Waals surface area contributed by atoms with E-state index in [1.807, 2.05) is 25.2 Å².